The van der Waals surface area contributed by atoms with Crippen molar-refractivity contribution in [2.45, 2.75) is 19.8 Å². The Morgan fingerprint density at radius 1 is 1.00 bits per heavy atom. The molecule has 0 radical (unpaired) electrons. The van der Waals surface area contributed by atoms with Crippen LogP contribution in [0.25, 0.3) is 10.8 Å². The van der Waals surface area contributed by atoms with Crippen molar-refractivity contribution < 1.29 is 9.59 Å². The molecule has 1 atom stereocenters. The fraction of sp³-hybridized carbons (Fsp3) is 0.200. The van der Waals surface area contributed by atoms with Crippen molar-refractivity contribution in [3.63, 3.8) is 0 Å². The number of rotatable bonds is 4. The molecular weight excluding hydrogens is 380 g/mol. The Morgan fingerprint density at radius 3 is 2.29 bits per heavy atom. The van der Waals surface area contributed by atoms with Gasteiger partial charge in [-0.2, -0.15) is 5.10 Å². The maximum Gasteiger partial charge on any atom is 0.290 e. The van der Waals surface area contributed by atoms with Crippen LogP contribution in [-0.2, 0) is 4.79 Å². The highest BCUT2D eigenvalue weighted by molar-refractivity contribution is 6.30. The number of amides is 2. The predicted molar refractivity (Wildman–Crippen MR) is 107 cm³/mol. The van der Waals surface area contributed by atoms with E-state index in [0.29, 0.717) is 15.8 Å². The molecule has 144 valence electrons. The van der Waals surface area contributed by atoms with Crippen LogP contribution >= 0.6 is 11.6 Å². The fourth-order valence-corrected chi connectivity index (χ4v) is 3.18. The topological polar surface area (TPSA) is 104 Å². The highest BCUT2D eigenvalue weighted by Gasteiger charge is 2.25. The first kappa shape index (κ1) is 19.6. The van der Waals surface area contributed by atoms with Gasteiger partial charge < -0.3 is 0 Å². The molecule has 0 saturated heterocycles. The Bertz CT molecular complexity index is 1080. The number of nitrogens with one attached hydrogen (secondary N) is 3. The van der Waals surface area contributed by atoms with Crippen LogP contribution in [-0.4, -0.2) is 22.0 Å². The summed E-state index contributed by atoms with van der Waals surface area (Å²) < 4.78 is 0. The second-order valence-electron chi connectivity index (χ2n) is 6.66. The van der Waals surface area contributed by atoms with Crippen molar-refractivity contribution in [3.8, 4) is 0 Å². The molecule has 3 rings (SSSR count). The number of halogens is 1. The van der Waals surface area contributed by atoms with Gasteiger partial charge in [0, 0.05) is 10.4 Å². The van der Waals surface area contributed by atoms with Gasteiger partial charge in [0.05, 0.1) is 11.3 Å². The minimum Gasteiger partial charge on any atom is -0.273 e. The minimum absolute atomic E-state index is 0.00915. The number of hydrazine groups is 1. The van der Waals surface area contributed by atoms with Gasteiger partial charge in [0.25, 0.3) is 11.5 Å². The van der Waals surface area contributed by atoms with E-state index in [4.69, 9.17) is 11.6 Å². The maximum atomic E-state index is 12.7. The molecule has 2 aromatic carbocycles. The van der Waals surface area contributed by atoms with Crippen LogP contribution in [0.1, 0.15) is 35.8 Å². The monoisotopic (exact) mass is 398 g/mol. The molecule has 2 amide bonds. The van der Waals surface area contributed by atoms with Crippen LogP contribution < -0.4 is 16.4 Å². The first-order valence-electron chi connectivity index (χ1n) is 8.71. The van der Waals surface area contributed by atoms with Gasteiger partial charge in [-0.1, -0.05) is 55.8 Å². The van der Waals surface area contributed by atoms with Gasteiger partial charge in [0.1, 0.15) is 0 Å². The second kappa shape index (κ2) is 8.22. The van der Waals surface area contributed by atoms with E-state index < -0.39 is 17.4 Å². The summed E-state index contributed by atoms with van der Waals surface area (Å²) in [7, 11) is 0. The summed E-state index contributed by atoms with van der Waals surface area (Å²) >= 11 is 5.92. The van der Waals surface area contributed by atoms with Crippen LogP contribution in [0.5, 0.6) is 0 Å². The normalized spacial score (nSPS) is 12.0. The lowest BCUT2D eigenvalue weighted by molar-refractivity contribution is -0.124. The lowest BCUT2D eigenvalue weighted by Crippen LogP contribution is -2.45. The van der Waals surface area contributed by atoms with Gasteiger partial charge in [0.15, 0.2) is 5.69 Å². The Kier molecular flexibility index (Phi) is 5.75. The number of carbonyl (C=O) groups is 2. The zero-order chi connectivity index (χ0) is 20.3. The lowest BCUT2D eigenvalue weighted by atomic mass is 9.88. The standard InChI is InChI=1S/C20H19ClN4O3/c1-11(2)16(12-7-9-13(21)10-8-12)19(27)24-25-20(28)17-14-5-3-4-6-15(14)18(26)23-22-17/h3-11,16H,1-2H3,(H,23,26)(H,24,27)(H,25,28)/t16-/m0/s1. The largest absolute Gasteiger partial charge is 0.290 e. The van der Waals surface area contributed by atoms with Crippen molar-refractivity contribution >= 4 is 34.2 Å². The molecule has 0 saturated carbocycles. The molecule has 0 aliphatic heterocycles. The Morgan fingerprint density at radius 2 is 1.64 bits per heavy atom. The molecule has 3 N–H and O–H groups in total. The number of benzene rings is 2. The van der Waals surface area contributed by atoms with E-state index in [-0.39, 0.29) is 17.5 Å². The van der Waals surface area contributed by atoms with Gasteiger partial charge in [-0.25, -0.2) is 5.10 Å². The van der Waals surface area contributed by atoms with E-state index in [1.165, 1.54) is 0 Å². The first-order valence-corrected chi connectivity index (χ1v) is 9.09. The third-order valence-electron chi connectivity index (χ3n) is 4.39. The molecule has 1 heterocycles. The molecule has 0 aliphatic rings. The molecule has 3 aromatic rings. The third-order valence-corrected chi connectivity index (χ3v) is 4.64. The number of fused-ring (bicyclic) bond motifs is 1. The maximum absolute atomic E-state index is 12.7. The molecule has 7 nitrogen and oxygen atoms in total. The highest BCUT2D eigenvalue weighted by atomic mass is 35.5. The van der Waals surface area contributed by atoms with Gasteiger partial charge >= 0.3 is 0 Å². The minimum atomic E-state index is -0.626. The molecule has 28 heavy (non-hydrogen) atoms. The Labute approximate surface area is 166 Å². The summed E-state index contributed by atoms with van der Waals surface area (Å²) in [5, 5.41) is 7.43. The zero-order valence-corrected chi connectivity index (χ0v) is 16.1. The Hall–Kier alpha value is -3.19. The average Bonchev–Trinajstić information content (AvgIpc) is 2.68. The summed E-state index contributed by atoms with van der Waals surface area (Å²) in [6.07, 6.45) is 0. The van der Waals surface area contributed by atoms with Crippen molar-refractivity contribution in [2.75, 3.05) is 0 Å². The zero-order valence-electron chi connectivity index (χ0n) is 15.3. The summed E-state index contributed by atoms with van der Waals surface area (Å²) in [6, 6.07) is 13.6. The van der Waals surface area contributed by atoms with E-state index in [2.05, 4.69) is 21.0 Å². The van der Waals surface area contributed by atoms with Crippen molar-refractivity contribution in [2.24, 2.45) is 5.92 Å². The van der Waals surface area contributed by atoms with Gasteiger partial charge in [-0.3, -0.25) is 25.2 Å². The number of carbonyl (C=O) groups excluding carboxylic acids is 2. The van der Waals surface area contributed by atoms with Crippen LogP contribution in [0.15, 0.2) is 53.3 Å². The van der Waals surface area contributed by atoms with Crippen LogP contribution in [0.2, 0.25) is 5.02 Å². The summed E-state index contributed by atoms with van der Waals surface area (Å²) in [5.41, 5.74) is 5.25. The van der Waals surface area contributed by atoms with Crippen LogP contribution in [0.4, 0.5) is 0 Å². The van der Waals surface area contributed by atoms with E-state index in [0.717, 1.165) is 5.56 Å². The number of aromatic nitrogens is 2. The third kappa shape index (κ3) is 4.04. The van der Waals surface area contributed by atoms with Gasteiger partial charge in [-0.05, 0) is 29.7 Å². The van der Waals surface area contributed by atoms with Crippen molar-refractivity contribution in [1.82, 2.24) is 21.0 Å². The molecule has 0 bridgehead atoms. The summed E-state index contributed by atoms with van der Waals surface area (Å²) in [4.78, 5) is 37.0. The van der Waals surface area contributed by atoms with E-state index in [1.807, 2.05) is 13.8 Å². The molecule has 0 unspecified atom stereocenters. The molecular formula is C20H19ClN4O3. The van der Waals surface area contributed by atoms with E-state index in [9.17, 15) is 14.4 Å². The van der Waals surface area contributed by atoms with Crippen LogP contribution in [0.3, 0.4) is 0 Å². The molecule has 0 spiro atoms. The average molecular weight is 399 g/mol. The van der Waals surface area contributed by atoms with E-state index in [1.54, 1.807) is 48.5 Å². The predicted octanol–water partition coefficient (Wildman–Crippen LogP) is 2.78. The van der Waals surface area contributed by atoms with E-state index >= 15 is 0 Å². The number of aromatic amines is 1. The van der Waals surface area contributed by atoms with Gasteiger partial charge in [-0.15, -0.1) is 0 Å². The number of nitrogens with zero attached hydrogens (tertiary/aromatic N) is 1. The molecule has 1 aromatic heterocycles. The fourth-order valence-electron chi connectivity index (χ4n) is 3.05. The summed E-state index contributed by atoms with van der Waals surface area (Å²) in [6.45, 7) is 3.83. The smallest absolute Gasteiger partial charge is 0.273 e. The second-order valence-corrected chi connectivity index (χ2v) is 7.10. The van der Waals surface area contributed by atoms with Crippen LogP contribution in [0, 0.1) is 5.92 Å². The first-order chi connectivity index (χ1) is 13.4. The summed E-state index contributed by atoms with van der Waals surface area (Å²) in [5.74, 6) is -1.47. The van der Waals surface area contributed by atoms with Gasteiger partial charge in [0.2, 0.25) is 5.91 Å². The number of hydrogen-bond donors (Lipinski definition) is 3. The molecule has 0 fully saturated rings. The molecule has 8 heteroatoms. The highest BCUT2D eigenvalue weighted by Crippen LogP contribution is 2.25. The molecule has 0 aliphatic carbocycles. The van der Waals surface area contributed by atoms with Crippen molar-refractivity contribution in [1.29, 1.82) is 0 Å². The number of hydrogen-bond acceptors (Lipinski definition) is 4. The number of H-pyrrole nitrogens is 1. The quantitative estimate of drug-likeness (QED) is 0.588. The lowest BCUT2D eigenvalue weighted by Gasteiger charge is -2.21. The van der Waals surface area contributed by atoms with Crippen molar-refractivity contribution in [3.05, 3.63) is 75.2 Å². The Balaban J connectivity index is 1.78. The SMILES string of the molecule is CC(C)[C@H](C(=O)NNC(=O)c1n[nH]c(=O)c2ccccc12)c1ccc(Cl)cc1.